The number of likely N-dealkylation sites (tertiary alicyclic amines) is 1. The van der Waals surface area contributed by atoms with Gasteiger partial charge >= 0.3 is 0 Å². The summed E-state index contributed by atoms with van der Waals surface area (Å²) in [4.78, 5) is 37.5. The van der Waals surface area contributed by atoms with Crippen LogP contribution in [-0.4, -0.2) is 70.5 Å². The smallest absolute Gasteiger partial charge is 0.278 e. The van der Waals surface area contributed by atoms with Crippen molar-refractivity contribution in [2.24, 2.45) is 0 Å². The molecule has 29 heavy (non-hydrogen) atoms. The van der Waals surface area contributed by atoms with E-state index in [2.05, 4.69) is 20.2 Å². The fourth-order valence-electron chi connectivity index (χ4n) is 4.84. The van der Waals surface area contributed by atoms with E-state index in [1.807, 2.05) is 4.90 Å². The summed E-state index contributed by atoms with van der Waals surface area (Å²) in [5.74, 6) is 0.438. The Bertz CT molecular complexity index is 995. The molecule has 2 fully saturated rings. The van der Waals surface area contributed by atoms with E-state index in [1.165, 1.54) is 0 Å². The molecular weight excluding hydrogens is 376 g/mol. The number of ether oxygens (including phenoxy) is 1. The van der Waals surface area contributed by atoms with Crippen LogP contribution in [0.3, 0.4) is 0 Å². The van der Waals surface area contributed by atoms with Crippen LogP contribution >= 0.6 is 0 Å². The second-order valence-corrected chi connectivity index (χ2v) is 8.12. The van der Waals surface area contributed by atoms with Gasteiger partial charge in [0.15, 0.2) is 5.69 Å². The van der Waals surface area contributed by atoms with Crippen LogP contribution in [0.2, 0.25) is 0 Å². The van der Waals surface area contributed by atoms with Crippen molar-refractivity contribution in [2.75, 3.05) is 44.3 Å². The molecule has 154 valence electrons. The zero-order valence-corrected chi connectivity index (χ0v) is 16.4. The van der Waals surface area contributed by atoms with Crippen molar-refractivity contribution in [2.45, 2.75) is 38.0 Å². The first-order valence-corrected chi connectivity index (χ1v) is 10.1. The fourth-order valence-corrected chi connectivity index (χ4v) is 4.84. The quantitative estimate of drug-likeness (QED) is 0.771. The highest BCUT2D eigenvalue weighted by molar-refractivity contribution is 5.93. The van der Waals surface area contributed by atoms with Gasteiger partial charge in [0.1, 0.15) is 5.69 Å². The fraction of sp³-hybridized carbons (Fsp3) is 0.632. The third-order valence-electron chi connectivity index (χ3n) is 6.39. The predicted molar refractivity (Wildman–Crippen MR) is 102 cm³/mol. The van der Waals surface area contributed by atoms with Crippen molar-refractivity contribution in [1.82, 2.24) is 25.2 Å². The number of H-pyrrole nitrogens is 1. The number of morpholine rings is 1. The number of fused-ring (bicyclic) bond motifs is 2. The maximum Gasteiger partial charge on any atom is 0.278 e. The van der Waals surface area contributed by atoms with Crippen molar-refractivity contribution in [3.05, 3.63) is 33.0 Å². The van der Waals surface area contributed by atoms with Crippen LogP contribution < -0.4 is 10.5 Å². The van der Waals surface area contributed by atoms with Gasteiger partial charge in [0.25, 0.3) is 11.5 Å². The van der Waals surface area contributed by atoms with Gasteiger partial charge in [-0.05, 0) is 37.8 Å². The summed E-state index contributed by atoms with van der Waals surface area (Å²) in [6.45, 7) is 5.56. The number of aromatic amines is 1. The molecule has 0 radical (unpaired) electrons. The molecule has 1 unspecified atom stereocenters. The lowest BCUT2D eigenvalue weighted by molar-refractivity contribution is 0.0622. The Hall–Kier alpha value is -2.75. The molecule has 3 aliphatic rings. The summed E-state index contributed by atoms with van der Waals surface area (Å²) in [6.07, 6.45) is 3.29. The number of hydrogen-bond donors (Lipinski definition) is 1. The lowest BCUT2D eigenvalue weighted by atomic mass is 9.77. The number of aryl methyl sites for hydroxylation is 1. The van der Waals surface area contributed by atoms with Gasteiger partial charge < -0.3 is 14.5 Å². The number of anilines is 1. The third-order valence-corrected chi connectivity index (χ3v) is 6.39. The molecule has 4 heterocycles. The predicted octanol–water partition coefficient (Wildman–Crippen LogP) is 0.418. The molecule has 2 aromatic rings. The summed E-state index contributed by atoms with van der Waals surface area (Å²) >= 11 is 0. The topological polar surface area (TPSA) is 117 Å². The van der Waals surface area contributed by atoms with Crippen molar-refractivity contribution in [1.29, 1.82) is 0 Å². The molecule has 10 heteroatoms. The Morgan fingerprint density at radius 1 is 1.17 bits per heavy atom. The van der Waals surface area contributed by atoms with Crippen LogP contribution in [0, 0.1) is 6.92 Å². The highest BCUT2D eigenvalue weighted by atomic mass is 16.6. The molecule has 10 nitrogen and oxygen atoms in total. The molecule has 1 atom stereocenters. The molecule has 2 saturated heterocycles. The first kappa shape index (κ1) is 18.3. The molecule has 0 bridgehead atoms. The Balaban J connectivity index is 1.48. The third kappa shape index (κ3) is 3.02. The van der Waals surface area contributed by atoms with Gasteiger partial charge in [-0.2, -0.15) is 0 Å². The average Bonchev–Trinajstić information content (AvgIpc) is 3.32. The molecule has 0 saturated carbocycles. The van der Waals surface area contributed by atoms with Crippen molar-refractivity contribution in [3.8, 4) is 0 Å². The molecule has 1 aliphatic carbocycles. The van der Waals surface area contributed by atoms with Crippen molar-refractivity contribution >= 4 is 11.9 Å². The lowest BCUT2D eigenvalue weighted by Crippen LogP contribution is -2.48. The number of carbonyl (C=O) groups excluding carboxylic acids is 1. The lowest BCUT2D eigenvalue weighted by Gasteiger charge is -2.40. The molecule has 2 aromatic heterocycles. The average molecular weight is 400 g/mol. The highest BCUT2D eigenvalue weighted by Gasteiger charge is 2.46. The minimum absolute atomic E-state index is 0.0617. The highest BCUT2D eigenvalue weighted by Crippen LogP contribution is 2.43. The molecule has 1 spiro atoms. The molecule has 1 amide bonds. The Morgan fingerprint density at radius 2 is 2.00 bits per heavy atom. The van der Waals surface area contributed by atoms with Crippen LogP contribution in [0.25, 0.3) is 0 Å². The van der Waals surface area contributed by atoms with Gasteiger partial charge in [-0.3, -0.25) is 14.6 Å². The van der Waals surface area contributed by atoms with E-state index < -0.39 is 0 Å². The summed E-state index contributed by atoms with van der Waals surface area (Å²) < 4.78 is 10.1. The Kier molecular flexibility index (Phi) is 4.38. The Labute approximate surface area is 167 Å². The summed E-state index contributed by atoms with van der Waals surface area (Å²) in [5.41, 5.74) is 2.02. The number of nitrogens with one attached hydrogen (secondary N) is 1. The summed E-state index contributed by atoms with van der Waals surface area (Å²) in [7, 11) is 0. The standard InChI is InChI=1S/C19H24N6O4/c1-12-14(23-29-22-12)17(27)25-6-2-4-19(11-25)5-3-13-15(19)20-18(21-16(13)26)24-7-9-28-10-8-24/h2-11H2,1H3,(H,20,21,26). The van der Waals surface area contributed by atoms with Gasteiger partial charge in [0.05, 0.1) is 18.9 Å². The van der Waals surface area contributed by atoms with Gasteiger partial charge in [-0.15, -0.1) is 0 Å². The number of aromatic nitrogens is 4. The maximum absolute atomic E-state index is 13.0. The van der Waals surface area contributed by atoms with Crippen LogP contribution in [-0.2, 0) is 16.6 Å². The van der Waals surface area contributed by atoms with E-state index in [0.717, 1.165) is 30.5 Å². The number of rotatable bonds is 2. The Morgan fingerprint density at radius 3 is 2.76 bits per heavy atom. The second-order valence-electron chi connectivity index (χ2n) is 8.12. The molecular formula is C19H24N6O4. The normalized spacial score (nSPS) is 24.2. The summed E-state index contributed by atoms with van der Waals surface area (Å²) in [6, 6.07) is 0. The van der Waals surface area contributed by atoms with Gasteiger partial charge in [-0.1, -0.05) is 5.16 Å². The van der Waals surface area contributed by atoms with E-state index in [-0.39, 0.29) is 22.6 Å². The van der Waals surface area contributed by atoms with Crippen LogP contribution in [0.4, 0.5) is 5.95 Å². The van der Waals surface area contributed by atoms with Gasteiger partial charge in [0, 0.05) is 37.2 Å². The minimum atomic E-state index is -0.288. The monoisotopic (exact) mass is 400 g/mol. The molecule has 0 aromatic carbocycles. The molecule has 5 rings (SSSR count). The van der Waals surface area contributed by atoms with Gasteiger partial charge in [-0.25, -0.2) is 9.61 Å². The SMILES string of the molecule is Cc1nonc1C(=O)N1CCCC2(CCc3c2nc(N2CCOCC2)[nH]c3=O)C1. The first-order chi connectivity index (χ1) is 14.1. The minimum Gasteiger partial charge on any atom is -0.378 e. The number of amides is 1. The number of nitrogens with zero attached hydrogens (tertiary/aromatic N) is 5. The summed E-state index contributed by atoms with van der Waals surface area (Å²) in [5, 5.41) is 7.50. The van der Waals surface area contributed by atoms with Crippen LogP contribution in [0.15, 0.2) is 9.42 Å². The number of carbonyl (C=O) groups is 1. The van der Waals surface area contributed by atoms with E-state index in [1.54, 1.807) is 6.92 Å². The largest absolute Gasteiger partial charge is 0.378 e. The van der Waals surface area contributed by atoms with Crippen molar-refractivity contribution < 1.29 is 14.2 Å². The van der Waals surface area contributed by atoms with E-state index in [9.17, 15) is 9.59 Å². The van der Waals surface area contributed by atoms with Crippen LogP contribution in [0.5, 0.6) is 0 Å². The first-order valence-electron chi connectivity index (χ1n) is 10.1. The molecule has 1 N–H and O–H groups in total. The van der Waals surface area contributed by atoms with Crippen LogP contribution in [0.1, 0.15) is 46.7 Å². The maximum atomic E-state index is 13.0. The van der Waals surface area contributed by atoms with E-state index >= 15 is 0 Å². The van der Waals surface area contributed by atoms with E-state index in [4.69, 9.17) is 14.3 Å². The van der Waals surface area contributed by atoms with E-state index in [0.29, 0.717) is 57.5 Å². The zero-order valence-electron chi connectivity index (χ0n) is 16.4. The van der Waals surface area contributed by atoms with Gasteiger partial charge in [0.2, 0.25) is 5.95 Å². The second kappa shape index (κ2) is 6.94. The molecule has 2 aliphatic heterocycles. The number of piperidine rings is 1. The zero-order chi connectivity index (χ0) is 20.0. The van der Waals surface area contributed by atoms with Crippen molar-refractivity contribution in [3.63, 3.8) is 0 Å². The number of hydrogen-bond acceptors (Lipinski definition) is 8.